The van der Waals surface area contributed by atoms with Gasteiger partial charge in [0.25, 0.3) is 0 Å². The van der Waals surface area contributed by atoms with E-state index in [-0.39, 0.29) is 11.6 Å². The van der Waals surface area contributed by atoms with Crippen molar-refractivity contribution < 1.29 is 9.47 Å². The number of benzene rings is 1. The second-order valence-corrected chi connectivity index (χ2v) is 4.13. The van der Waals surface area contributed by atoms with Gasteiger partial charge in [-0.15, -0.1) is 0 Å². The number of methoxy groups -OCH3 is 1. The van der Waals surface area contributed by atoms with Gasteiger partial charge in [-0.05, 0) is 30.2 Å². The van der Waals surface area contributed by atoms with Gasteiger partial charge in [-0.2, -0.15) is 5.26 Å². The lowest BCUT2D eigenvalue weighted by Gasteiger charge is -2.12. The number of hydrogen-bond donors (Lipinski definition) is 1. The molecule has 1 aromatic heterocycles. The highest BCUT2D eigenvalue weighted by molar-refractivity contribution is 5.61. The third kappa shape index (κ3) is 2.64. The van der Waals surface area contributed by atoms with E-state index in [1.165, 1.54) is 6.20 Å². The summed E-state index contributed by atoms with van der Waals surface area (Å²) in [7, 11) is 1.57. The van der Waals surface area contributed by atoms with Crippen LogP contribution in [0.15, 0.2) is 30.5 Å². The Labute approximate surface area is 117 Å². The fourth-order valence-corrected chi connectivity index (χ4v) is 1.75. The number of anilines is 1. The second kappa shape index (κ2) is 5.93. The zero-order valence-electron chi connectivity index (χ0n) is 11.4. The maximum atomic E-state index is 8.94. The van der Waals surface area contributed by atoms with Gasteiger partial charge in [0.1, 0.15) is 11.8 Å². The molecule has 0 bridgehead atoms. The van der Waals surface area contributed by atoms with Gasteiger partial charge in [-0.3, -0.25) is 0 Å². The van der Waals surface area contributed by atoms with E-state index in [2.05, 4.69) is 11.9 Å². The number of ether oxygens (including phenoxy) is 2. The zero-order chi connectivity index (χ0) is 14.5. The minimum atomic E-state index is 0.201. The first kappa shape index (κ1) is 13.7. The Hall–Kier alpha value is -2.74. The van der Waals surface area contributed by atoms with Crippen LogP contribution in [0.4, 0.5) is 5.69 Å². The molecule has 0 aliphatic heterocycles. The molecule has 0 spiro atoms. The first-order chi connectivity index (χ1) is 9.69. The molecule has 1 heterocycles. The number of pyridine rings is 1. The van der Waals surface area contributed by atoms with Crippen LogP contribution in [0, 0.1) is 11.3 Å². The van der Waals surface area contributed by atoms with Gasteiger partial charge in [-0.1, -0.05) is 13.0 Å². The fraction of sp³-hybridized carbons (Fsp3) is 0.200. The molecule has 0 aliphatic carbocycles. The minimum absolute atomic E-state index is 0.201. The predicted octanol–water partition coefficient (Wildman–Crippen LogP) is 2.90. The number of nitrogens with two attached hydrogens (primary N) is 1. The van der Waals surface area contributed by atoms with Crippen LogP contribution in [0.1, 0.15) is 18.1 Å². The Morgan fingerprint density at radius 1 is 1.30 bits per heavy atom. The molecule has 0 saturated heterocycles. The molecule has 102 valence electrons. The lowest BCUT2D eigenvalue weighted by Crippen LogP contribution is -1.99. The van der Waals surface area contributed by atoms with Crippen molar-refractivity contribution in [3.8, 4) is 23.4 Å². The Morgan fingerprint density at radius 3 is 2.75 bits per heavy atom. The Morgan fingerprint density at radius 2 is 2.10 bits per heavy atom. The minimum Gasteiger partial charge on any atom is -0.493 e. The van der Waals surface area contributed by atoms with Crippen LogP contribution >= 0.6 is 0 Å². The van der Waals surface area contributed by atoms with E-state index in [9.17, 15) is 0 Å². The van der Waals surface area contributed by atoms with E-state index in [4.69, 9.17) is 20.5 Å². The topological polar surface area (TPSA) is 81.2 Å². The van der Waals surface area contributed by atoms with E-state index in [1.54, 1.807) is 19.2 Å². The summed E-state index contributed by atoms with van der Waals surface area (Å²) in [6, 6.07) is 9.19. The van der Waals surface area contributed by atoms with Gasteiger partial charge in [0, 0.05) is 6.20 Å². The molecule has 0 saturated carbocycles. The van der Waals surface area contributed by atoms with Crippen molar-refractivity contribution in [2.45, 2.75) is 13.3 Å². The quantitative estimate of drug-likeness (QED) is 0.922. The molecule has 2 N–H and O–H groups in total. The van der Waals surface area contributed by atoms with Gasteiger partial charge in [0.2, 0.25) is 5.88 Å². The lowest BCUT2D eigenvalue weighted by atomic mass is 10.1. The van der Waals surface area contributed by atoms with Crippen LogP contribution in [-0.2, 0) is 6.42 Å². The normalized spacial score (nSPS) is 9.85. The summed E-state index contributed by atoms with van der Waals surface area (Å²) >= 11 is 0. The summed E-state index contributed by atoms with van der Waals surface area (Å²) < 4.78 is 11.0. The number of nitrogen functional groups attached to an aromatic ring is 1. The molecule has 0 radical (unpaired) electrons. The number of nitrogens with zero attached hydrogens (tertiary/aromatic N) is 2. The van der Waals surface area contributed by atoms with Crippen LogP contribution < -0.4 is 15.2 Å². The maximum absolute atomic E-state index is 8.94. The smallest absolute Gasteiger partial charge is 0.244 e. The Bertz CT molecular complexity index is 663. The third-order valence-electron chi connectivity index (χ3n) is 2.92. The van der Waals surface area contributed by atoms with Gasteiger partial charge in [0.15, 0.2) is 11.5 Å². The van der Waals surface area contributed by atoms with Crippen LogP contribution in [-0.4, -0.2) is 12.1 Å². The highest BCUT2D eigenvalue weighted by Gasteiger charge is 2.12. The molecule has 2 rings (SSSR count). The van der Waals surface area contributed by atoms with Crippen molar-refractivity contribution in [1.82, 2.24) is 4.98 Å². The summed E-state index contributed by atoms with van der Waals surface area (Å²) in [4.78, 5) is 4.05. The fourth-order valence-electron chi connectivity index (χ4n) is 1.75. The molecule has 5 heteroatoms. The van der Waals surface area contributed by atoms with E-state index < -0.39 is 0 Å². The molecular weight excluding hydrogens is 254 g/mol. The summed E-state index contributed by atoms with van der Waals surface area (Å²) in [6.45, 7) is 2.06. The first-order valence-electron chi connectivity index (χ1n) is 6.19. The molecular formula is C15H15N3O2. The molecule has 0 fully saturated rings. The van der Waals surface area contributed by atoms with Crippen molar-refractivity contribution in [1.29, 1.82) is 5.26 Å². The van der Waals surface area contributed by atoms with Gasteiger partial charge < -0.3 is 15.2 Å². The number of aromatic nitrogens is 1. The standard InChI is InChI=1S/C15H15N3O2/c1-3-10-4-5-12(13(8-10)19-2)20-15-14(17)11(9-16)6-7-18-15/h4-8H,3,17H2,1-2H3. The van der Waals surface area contributed by atoms with Gasteiger partial charge in [-0.25, -0.2) is 4.98 Å². The van der Waals surface area contributed by atoms with Gasteiger partial charge >= 0.3 is 0 Å². The maximum Gasteiger partial charge on any atom is 0.244 e. The number of hydrogen-bond acceptors (Lipinski definition) is 5. The summed E-state index contributed by atoms with van der Waals surface area (Å²) in [5.41, 5.74) is 7.53. The van der Waals surface area contributed by atoms with Crippen LogP contribution in [0.5, 0.6) is 17.4 Å². The molecule has 0 amide bonds. The molecule has 2 aromatic rings. The summed E-state index contributed by atoms with van der Waals surface area (Å²) in [5.74, 6) is 1.32. The van der Waals surface area contributed by atoms with E-state index >= 15 is 0 Å². The number of nitriles is 1. The van der Waals surface area contributed by atoms with E-state index in [1.807, 2.05) is 18.2 Å². The van der Waals surface area contributed by atoms with Crippen molar-refractivity contribution in [3.05, 3.63) is 41.6 Å². The third-order valence-corrected chi connectivity index (χ3v) is 2.92. The Balaban J connectivity index is 2.38. The Kier molecular flexibility index (Phi) is 4.06. The second-order valence-electron chi connectivity index (χ2n) is 4.13. The highest BCUT2D eigenvalue weighted by atomic mass is 16.5. The van der Waals surface area contributed by atoms with Crippen molar-refractivity contribution in [3.63, 3.8) is 0 Å². The molecule has 0 unspecified atom stereocenters. The number of aryl methyl sites for hydroxylation is 1. The monoisotopic (exact) mass is 269 g/mol. The molecule has 5 nitrogen and oxygen atoms in total. The zero-order valence-corrected chi connectivity index (χ0v) is 11.4. The van der Waals surface area contributed by atoms with Gasteiger partial charge in [0.05, 0.1) is 12.7 Å². The predicted molar refractivity (Wildman–Crippen MR) is 75.8 cm³/mol. The summed E-state index contributed by atoms with van der Waals surface area (Å²) in [6.07, 6.45) is 2.39. The average molecular weight is 269 g/mol. The molecule has 1 aromatic carbocycles. The van der Waals surface area contributed by atoms with Crippen molar-refractivity contribution >= 4 is 5.69 Å². The average Bonchev–Trinajstić information content (AvgIpc) is 2.49. The van der Waals surface area contributed by atoms with Crippen LogP contribution in [0.25, 0.3) is 0 Å². The van der Waals surface area contributed by atoms with Crippen molar-refractivity contribution in [2.75, 3.05) is 12.8 Å². The number of rotatable bonds is 4. The van der Waals surface area contributed by atoms with E-state index in [0.717, 1.165) is 12.0 Å². The van der Waals surface area contributed by atoms with E-state index in [0.29, 0.717) is 17.1 Å². The molecule has 0 atom stereocenters. The highest BCUT2D eigenvalue weighted by Crippen LogP contribution is 2.34. The molecule has 20 heavy (non-hydrogen) atoms. The lowest BCUT2D eigenvalue weighted by molar-refractivity contribution is 0.374. The largest absolute Gasteiger partial charge is 0.493 e. The summed E-state index contributed by atoms with van der Waals surface area (Å²) in [5, 5.41) is 8.94. The SMILES string of the molecule is CCc1ccc(Oc2nccc(C#N)c2N)c(OC)c1. The molecule has 0 aliphatic rings. The van der Waals surface area contributed by atoms with Crippen LogP contribution in [0.3, 0.4) is 0 Å². The first-order valence-corrected chi connectivity index (χ1v) is 6.19. The van der Waals surface area contributed by atoms with Crippen LogP contribution in [0.2, 0.25) is 0 Å². The van der Waals surface area contributed by atoms with Crippen molar-refractivity contribution in [2.24, 2.45) is 0 Å².